The Labute approximate surface area is 172 Å². The number of ether oxygens (including phenoxy) is 2. The third-order valence-corrected chi connectivity index (χ3v) is 5.10. The number of rotatable bonds is 9. The quantitative estimate of drug-likeness (QED) is 0.387. The van der Waals surface area contributed by atoms with Gasteiger partial charge >= 0.3 is 0 Å². The molecular formula is C21H20N2O5S. The standard InChI is InChI=1S/C21H20N2O5S/c1-27-20-7-3-2-5-16(20)13-22(14-19-6-4-12-29-19)21(24)15-28-18-10-8-17(9-11-18)23(25)26/h2-12H,13-15H2,1H3. The first-order valence-corrected chi connectivity index (χ1v) is 9.74. The molecule has 0 atom stereocenters. The number of methoxy groups -OCH3 is 1. The van der Waals surface area contributed by atoms with Gasteiger partial charge in [-0.3, -0.25) is 14.9 Å². The van der Waals surface area contributed by atoms with Crippen LogP contribution in [-0.4, -0.2) is 29.4 Å². The molecule has 8 heteroatoms. The Kier molecular flexibility index (Phi) is 6.80. The van der Waals surface area contributed by atoms with E-state index in [0.29, 0.717) is 24.6 Å². The largest absolute Gasteiger partial charge is 0.496 e. The van der Waals surface area contributed by atoms with Crippen molar-refractivity contribution in [1.82, 2.24) is 4.90 Å². The fourth-order valence-corrected chi connectivity index (χ4v) is 3.48. The summed E-state index contributed by atoms with van der Waals surface area (Å²) >= 11 is 1.58. The molecule has 1 aromatic heterocycles. The van der Waals surface area contributed by atoms with Crippen molar-refractivity contribution in [2.45, 2.75) is 13.1 Å². The molecular weight excluding hydrogens is 392 g/mol. The lowest BCUT2D eigenvalue weighted by Gasteiger charge is -2.23. The molecule has 29 heavy (non-hydrogen) atoms. The Morgan fingerprint density at radius 2 is 1.83 bits per heavy atom. The highest BCUT2D eigenvalue weighted by molar-refractivity contribution is 7.09. The number of thiophene rings is 1. The minimum Gasteiger partial charge on any atom is -0.496 e. The number of non-ortho nitro benzene ring substituents is 1. The van der Waals surface area contributed by atoms with Gasteiger partial charge in [-0.15, -0.1) is 11.3 Å². The second-order valence-electron chi connectivity index (χ2n) is 6.18. The zero-order valence-electron chi connectivity index (χ0n) is 15.8. The fraction of sp³-hybridized carbons (Fsp3) is 0.190. The topological polar surface area (TPSA) is 81.9 Å². The molecule has 0 radical (unpaired) electrons. The molecule has 7 nitrogen and oxygen atoms in total. The van der Waals surface area contributed by atoms with E-state index in [9.17, 15) is 14.9 Å². The summed E-state index contributed by atoms with van der Waals surface area (Å²) in [6, 6.07) is 17.1. The number of amides is 1. The summed E-state index contributed by atoms with van der Waals surface area (Å²) in [5, 5.41) is 12.7. The van der Waals surface area contributed by atoms with Gasteiger partial charge in [-0.05, 0) is 29.6 Å². The first-order chi connectivity index (χ1) is 14.1. The van der Waals surface area contributed by atoms with E-state index in [0.717, 1.165) is 10.4 Å². The second-order valence-corrected chi connectivity index (χ2v) is 7.21. The summed E-state index contributed by atoms with van der Waals surface area (Å²) < 4.78 is 11.0. The Balaban J connectivity index is 1.70. The number of hydrogen-bond acceptors (Lipinski definition) is 6. The van der Waals surface area contributed by atoms with Gasteiger partial charge in [0, 0.05) is 29.1 Å². The normalized spacial score (nSPS) is 10.4. The third-order valence-electron chi connectivity index (χ3n) is 4.24. The van der Waals surface area contributed by atoms with Gasteiger partial charge in [-0.25, -0.2) is 0 Å². The van der Waals surface area contributed by atoms with Crippen LogP contribution in [0.4, 0.5) is 5.69 Å². The van der Waals surface area contributed by atoms with Crippen LogP contribution >= 0.6 is 11.3 Å². The van der Waals surface area contributed by atoms with E-state index in [1.54, 1.807) is 23.3 Å². The van der Waals surface area contributed by atoms with Gasteiger partial charge in [0.2, 0.25) is 0 Å². The molecule has 0 aliphatic rings. The molecule has 3 aromatic rings. The molecule has 0 bridgehead atoms. The molecule has 0 saturated carbocycles. The Morgan fingerprint density at radius 3 is 2.48 bits per heavy atom. The Bertz CT molecular complexity index is 957. The van der Waals surface area contributed by atoms with Crippen molar-refractivity contribution in [3.8, 4) is 11.5 Å². The number of carbonyl (C=O) groups is 1. The summed E-state index contributed by atoms with van der Waals surface area (Å²) in [5.41, 5.74) is 0.870. The van der Waals surface area contributed by atoms with Gasteiger partial charge in [0.05, 0.1) is 18.6 Å². The van der Waals surface area contributed by atoms with E-state index in [2.05, 4.69) is 0 Å². The lowest BCUT2D eigenvalue weighted by molar-refractivity contribution is -0.384. The second kappa shape index (κ2) is 9.70. The summed E-state index contributed by atoms with van der Waals surface area (Å²) in [5.74, 6) is 0.924. The van der Waals surface area contributed by atoms with Crippen molar-refractivity contribution >= 4 is 22.9 Å². The molecule has 0 aliphatic carbocycles. The minimum atomic E-state index is -0.481. The van der Waals surface area contributed by atoms with Crippen LogP contribution in [0.3, 0.4) is 0 Å². The number of benzene rings is 2. The maximum atomic E-state index is 12.9. The molecule has 0 aliphatic heterocycles. The van der Waals surface area contributed by atoms with E-state index in [4.69, 9.17) is 9.47 Å². The summed E-state index contributed by atoms with van der Waals surface area (Å²) in [6.45, 7) is 0.668. The lowest BCUT2D eigenvalue weighted by atomic mass is 10.2. The van der Waals surface area contributed by atoms with Gasteiger partial charge in [0.15, 0.2) is 6.61 Å². The van der Waals surface area contributed by atoms with Crippen LogP contribution in [0.15, 0.2) is 66.0 Å². The van der Waals surface area contributed by atoms with Crippen molar-refractivity contribution in [1.29, 1.82) is 0 Å². The monoisotopic (exact) mass is 412 g/mol. The maximum Gasteiger partial charge on any atom is 0.269 e. The lowest BCUT2D eigenvalue weighted by Crippen LogP contribution is -2.34. The van der Waals surface area contributed by atoms with Crippen molar-refractivity contribution in [2.24, 2.45) is 0 Å². The van der Waals surface area contributed by atoms with Crippen LogP contribution in [0.2, 0.25) is 0 Å². The number of carbonyl (C=O) groups excluding carboxylic acids is 1. The number of para-hydroxylation sites is 1. The first-order valence-electron chi connectivity index (χ1n) is 8.86. The maximum absolute atomic E-state index is 12.9. The Hall–Kier alpha value is -3.39. The van der Waals surface area contributed by atoms with Crippen LogP contribution in [0.5, 0.6) is 11.5 Å². The highest BCUT2D eigenvalue weighted by atomic mass is 32.1. The van der Waals surface area contributed by atoms with Gasteiger partial charge in [-0.1, -0.05) is 24.3 Å². The van der Waals surface area contributed by atoms with E-state index in [-0.39, 0.29) is 18.2 Å². The predicted molar refractivity (Wildman–Crippen MR) is 110 cm³/mol. The average molecular weight is 412 g/mol. The van der Waals surface area contributed by atoms with Crippen molar-refractivity contribution < 1.29 is 19.2 Å². The number of hydrogen-bond donors (Lipinski definition) is 0. The van der Waals surface area contributed by atoms with Gasteiger partial charge in [0.1, 0.15) is 11.5 Å². The van der Waals surface area contributed by atoms with Crippen LogP contribution in [0.1, 0.15) is 10.4 Å². The predicted octanol–water partition coefficient (Wildman–Crippen LogP) is 4.27. The van der Waals surface area contributed by atoms with Crippen molar-refractivity contribution in [3.63, 3.8) is 0 Å². The molecule has 1 amide bonds. The molecule has 150 valence electrons. The van der Waals surface area contributed by atoms with Gasteiger partial charge < -0.3 is 14.4 Å². The summed E-state index contributed by atoms with van der Waals surface area (Å²) in [7, 11) is 1.60. The van der Waals surface area contributed by atoms with Crippen LogP contribution in [-0.2, 0) is 17.9 Å². The summed E-state index contributed by atoms with van der Waals surface area (Å²) in [6.07, 6.45) is 0. The number of nitrogens with zero attached hydrogens (tertiary/aromatic N) is 2. The molecule has 3 rings (SSSR count). The number of nitro benzene ring substituents is 1. The van der Waals surface area contributed by atoms with E-state index in [1.807, 2.05) is 41.8 Å². The zero-order chi connectivity index (χ0) is 20.6. The Morgan fingerprint density at radius 1 is 1.07 bits per heavy atom. The van der Waals surface area contributed by atoms with E-state index in [1.165, 1.54) is 24.3 Å². The van der Waals surface area contributed by atoms with Crippen LogP contribution in [0.25, 0.3) is 0 Å². The van der Waals surface area contributed by atoms with Gasteiger partial charge in [0.25, 0.3) is 11.6 Å². The molecule has 0 spiro atoms. The first kappa shape index (κ1) is 20.3. The van der Waals surface area contributed by atoms with E-state index < -0.39 is 4.92 Å². The van der Waals surface area contributed by atoms with Crippen molar-refractivity contribution in [3.05, 3.63) is 86.6 Å². The summed E-state index contributed by atoms with van der Waals surface area (Å²) in [4.78, 5) is 25.9. The minimum absolute atomic E-state index is 0.0285. The van der Waals surface area contributed by atoms with Crippen LogP contribution in [0, 0.1) is 10.1 Å². The third kappa shape index (κ3) is 5.55. The average Bonchev–Trinajstić information content (AvgIpc) is 3.25. The molecule has 0 N–H and O–H groups in total. The number of nitro groups is 1. The zero-order valence-corrected chi connectivity index (χ0v) is 16.6. The fourth-order valence-electron chi connectivity index (χ4n) is 2.76. The van der Waals surface area contributed by atoms with E-state index >= 15 is 0 Å². The highest BCUT2D eigenvalue weighted by Crippen LogP contribution is 2.22. The highest BCUT2D eigenvalue weighted by Gasteiger charge is 2.18. The molecule has 1 heterocycles. The molecule has 0 fully saturated rings. The smallest absolute Gasteiger partial charge is 0.269 e. The molecule has 0 unspecified atom stereocenters. The molecule has 2 aromatic carbocycles. The van der Waals surface area contributed by atoms with Crippen LogP contribution < -0.4 is 9.47 Å². The molecule has 0 saturated heterocycles. The van der Waals surface area contributed by atoms with Crippen molar-refractivity contribution in [2.75, 3.05) is 13.7 Å². The van der Waals surface area contributed by atoms with Gasteiger partial charge in [-0.2, -0.15) is 0 Å². The SMILES string of the molecule is COc1ccccc1CN(Cc1cccs1)C(=O)COc1ccc([N+](=O)[O-])cc1.